The number of carbonyl (C=O) groups is 1. The number of amides is 1. The maximum absolute atomic E-state index is 12.8. The number of aryl methyl sites for hydroxylation is 1. The van der Waals surface area contributed by atoms with Crippen LogP contribution >= 0.6 is 11.3 Å². The van der Waals surface area contributed by atoms with Crippen molar-refractivity contribution >= 4 is 17.2 Å². The normalized spacial score (nSPS) is 16.4. The minimum absolute atomic E-state index is 0.224. The average molecular weight is 359 g/mol. The summed E-state index contributed by atoms with van der Waals surface area (Å²) in [7, 11) is 3.28. The third-order valence-corrected chi connectivity index (χ3v) is 5.84. The molecule has 5 heteroatoms. The molecular formula is C20H25NO3S. The van der Waals surface area contributed by atoms with E-state index in [1.165, 1.54) is 10.4 Å². The van der Waals surface area contributed by atoms with Crippen LogP contribution in [0.2, 0.25) is 0 Å². The van der Waals surface area contributed by atoms with Crippen molar-refractivity contribution < 1.29 is 14.3 Å². The molecule has 0 bridgehead atoms. The molecule has 0 saturated carbocycles. The summed E-state index contributed by atoms with van der Waals surface area (Å²) in [6.45, 7) is 2.98. The van der Waals surface area contributed by atoms with E-state index in [1.807, 2.05) is 29.5 Å². The Hall–Kier alpha value is -2.01. The van der Waals surface area contributed by atoms with Crippen molar-refractivity contribution in [2.75, 3.05) is 20.8 Å². The smallest absolute Gasteiger partial charge is 0.223 e. The third-order valence-electron chi connectivity index (χ3n) is 4.84. The molecule has 4 nitrogen and oxygen atoms in total. The van der Waals surface area contributed by atoms with Crippen molar-refractivity contribution in [2.45, 2.75) is 38.6 Å². The molecule has 1 aliphatic rings. The lowest BCUT2D eigenvalue weighted by Crippen LogP contribution is -2.39. The number of benzene rings is 1. The Morgan fingerprint density at radius 1 is 1.24 bits per heavy atom. The molecule has 1 amide bonds. The van der Waals surface area contributed by atoms with Crippen molar-refractivity contribution in [3.05, 3.63) is 45.6 Å². The van der Waals surface area contributed by atoms with E-state index in [0.717, 1.165) is 36.4 Å². The summed E-state index contributed by atoms with van der Waals surface area (Å²) in [6, 6.07) is 8.20. The molecule has 1 atom stereocenters. The molecule has 134 valence electrons. The molecule has 0 saturated heterocycles. The number of rotatable bonds is 6. The Morgan fingerprint density at radius 2 is 1.96 bits per heavy atom. The lowest BCUT2D eigenvalue weighted by molar-refractivity contribution is -0.134. The summed E-state index contributed by atoms with van der Waals surface area (Å²) in [6.07, 6.45) is 3.13. The van der Waals surface area contributed by atoms with Crippen LogP contribution in [0.25, 0.3) is 0 Å². The van der Waals surface area contributed by atoms with Crippen LogP contribution in [0.5, 0.6) is 11.5 Å². The van der Waals surface area contributed by atoms with Gasteiger partial charge in [-0.25, -0.2) is 0 Å². The van der Waals surface area contributed by atoms with Crippen molar-refractivity contribution in [3.63, 3.8) is 0 Å². The van der Waals surface area contributed by atoms with Gasteiger partial charge in [0.15, 0.2) is 0 Å². The van der Waals surface area contributed by atoms with Gasteiger partial charge in [0, 0.05) is 23.9 Å². The lowest BCUT2D eigenvalue weighted by atomic mass is 9.97. The Kier molecular flexibility index (Phi) is 5.63. The second-order valence-corrected chi connectivity index (χ2v) is 7.28. The van der Waals surface area contributed by atoms with Crippen LogP contribution in [-0.4, -0.2) is 31.6 Å². The standard InChI is InChI=1S/C20H25NO3S/c1-4-18-17-8-10-25-19(17)7-9-21(18)20(22)6-5-14-11-15(23-2)13-16(12-14)24-3/h8,10-13,18H,4-7,9H2,1-3H3/t18-/m0/s1. The zero-order valence-corrected chi connectivity index (χ0v) is 15.9. The predicted molar refractivity (Wildman–Crippen MR) is 101 cm³/mol. The van der Waals surface area contributed by atoms with Crippen LogP contribution in [0, 0.1) is 0 Å². The fourth-order valence-corrected chi connectivity index (χ4v) is 4.47. The summed E-state index contributed by atoms with van der Waals surface area (Å²) >= 11 is 1.81. The van der Waals surface area contributed by atoms with Crippen molar-refractivity contribution in [2.24, 2.45) is 0 Å². The summed E-state index contributed by atoms with van der Waals surface area (Å²) in [5.41, 5.74) is 2.40. The average Bonchev–Trinajstić information content (AvgIpc) is 3.13. The van der Waals surface area contributed by atoms with Crippen molar-refractivity contribution in [1.82, 2.24) is 4.90 Å². The van der Waals surface area contributed by atoms with Crippen LogP contribution in [0.1, 0.15) is 41.8 Å². The maximum atomic E-state index is 12.8. The Balaban J connectivity index is 1.69. The molecule has 0 unspecified atom stereocenters. The van der Waals surface area contributed by atoms with Gasteiger partial charge < -0.3 is 14.4 Å². The maximum Gasteiger partial charge on any atom is 0.223 e. The van der Waals surface area contributed by atoms with E-state index in [1.54, 1.807) is 14.2 Å². The highest BCUT2D eigenvalue weighted by atomic mass is 32.1. The van der Waals surface area contributed by atoms with E-state index in [-0.39, 0.29) is 11.9 Å². The van der Waals surface area contributed by atoms with Crippen molar-refractivity contribution in [3.8, 4) is 11.5 Å². The number of carbonyl (C=O) groups excluding carboxylic acids is 1. The molecule has 25 heavy (non-hydrogen) atoms. The van der Waals surface area contributed by atoms with Gasteiger partial charge in [-0.1, -0.05) is 6.92 Å². The molecule has 0 radical (unpaired) electrons. The number of methoxy groups -OCH3 is 2. The van der Waals surface area contributed by atoms with Gasteiger partial charge >= 0.3 is 0 Å². The minimum Gasteiger partial charge on any atom is -0.497 e. The summed E-state index contributed by atoms with van der Waals surface area (Å²) in [4.78, 5) is 16.3. The topological polar surface area (TPSA) is 38.8 Å². The van der Waals surface area contributed by atoms with Crippen LogP contribution in [0.4, 0.5) is 0 Å². The number of hydrogen-bond donors (Lipinski definition) is 0. The van der Waals surface area contributed by atoms with Crippen molar-refractivity contribution in [1.29, 1.82) is 0 Å². The van der Waals surface area contributed by atoms with Gasteiger partial charge in [0.2, 0.25) is 5.91 Å². The molecule has 3 rings (SSSR count). The van der Waals surface area contributed by atoms with E-state index in [2.05, 4.69) is 23.3 Å². The SMILES string of the molecule is CC[C@H]1c2ccsc2CCN1C(=O)CCc1cc(OC)cc(OC)c1. The molecule has 2 heterocycles. The third kappa shape index (κ3) is 3.82. The van der Waals surface area contributed by atoms with E-state index < -0.39 is 0 Å². The fourth-order valence-electron chi connectivity index (χ4n) is 3.54. The van der Waals surface area contributed by atoms with E-state index in [4.69, 9.17) is 9.47 Å². The number of nitrogens with zero attached hydrogens (tertiary/aromatic N) is 1. The monoisotopic (exact) mass is 359 g/mol. The molecular weight excluding hydrogens is 334 g/mol. The molecule has 0 spiro atoms. The first-order valence-corrected chi connectivity index (χ1v) is 9.62. The fraction of sp³-hybridized carbons (Fsp3) is 0.450. The van der Waals surface area contributed by atoms with Gasteiger partial charge in [-0.15, -0.1) is 11.3 Å². The highest BCUT2D eigenvalue weighted by Gasteiger charge is 2.29. The van der Waals surface area contributed by atoms with Crippen LogP contribution < -0.4 is 9.47 Å². The summed E-state index contributed by atoms with van der Waals surface area (Å²) in [5.74, 6) is 1.74. The van der Waals surface area contributed by atoms with Crippen LogP contribution in [0.3, 0.4) is 0 Å². The molecule has 1 aliphatic heterocycles. The lowest BCUT2D eigenvalue weighted by Gasteiger charge is -2.35. The zero-order chi connectivity index (χ0) is 17.8. The van der Waals surface area contributed by atoms with Crippen LogP contribution in [0.15, 0.2) is 29.6 Å². The first-order valence-electron chi connectivity index (χ1n) is 8.74. The largest absolute Gasteiger partial charge is 0.497 e. The molecule has 1 aromatic heterocycles. The number of hydrogen-bond acceptors (Lipinski definition) is 4. The summed E-state index contributed by atoms with van der Waals surface area (Å²) < 4.78 is 10.6. The van der Waals surface area contributed by atoms with Gasteiger partial charge in [0.05, 0.1) is 20.3 Å². The van der Waals surface area contributed by atoms with Gasteiger partial charge in [0.25, 0.3) is 0 Å². The highest BCUT2D eigenvalue weighted by Crippen LogP contribution is 2.35. The molecule has 1 aromatic carbocycles. The van der Waals surface area contributed by atoms with Crippen LogP contribution in [-0.2, 0) is 17.6 Å². The Morgan fingerprint density at radius 3 is 2.60 bits per heavy atom. The number of ether oxygens (including phenoxy) is 2. The number of thiophene rings is 1. The molecule has 2 aromatic rings. The molecule has 0 N–H and O–H groups in total. The van der Waals surface area contributed by atoms with Gasteiger partial charge in [-0.3, -0.25) is 4.79 Å². The highest BCUT2D eigenvalue weighted by molar-refractivity contribution is 7.10. The van der Waals surface area contributed by atoms with E-state index >= 15 is 0 Å². The predicted octanol–water partition coefficient (Wildman–Crippen LogP) is 4.23. The first-order chi connectivity index (χ1) is 12.2. The quantitative estimate of drug-likeness (QED) is 0.774. The number of fused-ring (bicyclic) bond motifs is 1. The summed E-state index contributed by atoms with van der Waals surface area (Å²) in [5, 5.41) is 2.14. The second kappa shape index (κ2) is 7.91. The minimum atomic E-state index is 0.224. The molecule has 0 aliphatic carbocycles. The van der Waals surface area contributed by atoms with E-state index in [9.17, 15) is 4.79 Å². The Labute approximate surface area is 153 Å². The molecule has 0 fully saturated rings. The second-order valence-electron chi connectivity index (χ2n) is 6.28. The van der Waals surface area contributed by atoms with Gasteiger partial charge in [-0.05, 0) is 54.0 Å². The zero-order valence-electron chi connectivity index (χ0n) is 15.1. The van der Waals surface area contributed by atoms with Gasteiger partial charge in [-0.2, -0.15) is 0 Å². The van der Waals surface area contributed by atoms with E-state index in [0.29, 0.717) is 12.8 Å². The van der Waals surface area contributed by atoms with Gasteiger partial charge in [0.1, 0.15) is 11.5 Å². The Bertz CT molecular complexity index is 718. The first kappa shape index (κ1) is 17.8.